The van der Waals surface area contributed by atoms with Crippen LogP contribution in [0.25, 0.3) is 0 Å². The average Bonchev–Trinajstić information content (AvgIpc) is 2.59. The Labute approximate surface area is 84.8 Å². The molecular weight excluding hydrogens is 180 g/mol. The maximum absolute atomic E-state index is 11.2. The van der Waals surface area contributed by atoms with E-state index in [1.165, 1.54) is 13.5 Å². The number of esters is 1. The normalized spacial score (nSPS) is 27.7. The number of carbonyl (C=O) groups is 1. The number of methoxy groups -OCH3 is 1. The molecule has 0 radical (unpaired) electrons. The first-order valence-electron chi connectivity index (χ1n) is 5.09. The van der Waals surface area contributed by atoms with Gasteiger partial charge in [-0.2, -0.15) is 0 Å². The van der Waals surface area contributed by atoms with E-state index >= 15 is 0 Å². The Bertz CT molecular complexity index is 233. The Morgan fingerprint density at radius 2 is 2.29 bits per heavy atom. The summed E-state index contributed by atoms with van der Waals surface area (Å²) >= 11 is 0. The van der Waals surface area contributed by atoms with Gasteiger partial charge in [0.15, 0.2) is 0 Å². The van der Waals surface area contributed by atoms with E-state index in [-0.39, 0.29) is 0 Å². The minimum atomic E-state index is -0.410. The van der Waals surface area contributed by atoms with Gasteiger partial charge in [-0.05, 0) is 31.1 Å². The maximum atomic E-state index is 11.2. The zero-order chi connectivity index (χ0) is 10.6. The lowest BCUT2D eigenvalue weighted by Crippen LogP contribution is -2.08. The van der Waals surface area contributed by atoms with E-state index in [1.807, 2.05) is 0 Å². The molecule has 0 amide bonds. The summed E-state index contributed by atoms with van der Waals surface area (Å²) < 4.78 is 4.57. The Hall–Kier alpha value is -0.990. The van der Waals surface area contributed by atoms with Crippen molar-refractivity contribution in [3.05, 3.63) is 11.8 Å². The van der Waals surface area contributed by atoms with E-state index in [0.29, 0.717) is 17.9 Å². The van der Waals surface area contributed by atoms with Crippen molar-refractivity contribution in [1.29, 1.82) is 0 Å². The summed E-state index contributed by atoms with van der Waals surface area (Å²) in [5.74, 6) is 0.868. The van der Waals surface area contributed by atoms with Crippen LogP contribution in [0.2, 0.25) is 0 Å². The second-order valence-electron chi connectivity index (χ2n) is 4.13. The summed E-state index contributed by atoms with van der Waals surface area (Å²) in [6.45, 7) is 2.22. The van der Waals surface area contributed by atoms with Crippen molar-refractivity contribution < 1.29 is 14.6 Å². The van der Waals surface area contributed by atoms with E-state index < -0.39 is 5.97 Å². The summed E-state index contributed by atoms with van der Waals surface area (Å²) in [6.07, 6.45) is 5.05. The van der Waals surface area contributed by atoms with Crippen LogP contribution in [0.4, 0.5) is 0 Å². The van der Waals surface area contributed by atoms with Crippen LogP contribution in [-0.2, 0) is 9.53 Å². The molecule has 0 spiro atoms. The van der Waals surface area contributed by atoms with Gasteiger partial charge in [0.2, 0.25) is 0 Å². The third-order valence-corrected chi connectivity index (χ3v) is 2.92. The Morgan fingerprint density at radius 1 is 1.57 bits per heavy atom. The van der Waals surface area contributed by atoms with Crippen LogP contribution in [-0.4, -0.2) is 18.2 Å². The molecule has 0 aromatic carbocycles. The molecule has 14 heavy (non-hydrogen) atoms. The molecule has 0 bridgehead atoms. The monoisotopic (exact) mass is 198 g/mol. The number of rotatable bonds is 3. The van der Waals surface area contributed by atoms with Gasteiger partial charge in [-0.15, -0.1) is 0 Å². The molecule has 1 aliphatic carbocycles. The number of ether oxygens (including phenoxy) is 1. The van der Waals surface area contributed by atoms with Crippen molar-refractivity contribution in [2.24, 2.45) is 11.8 Å². The predicted octanol–water partition coefficient (Wildman–Crippen LogP) is 2.43. The van der Waals surface area contributed by atoms with Crippen LogP contribution in [0.1, 0.15) is 32.6 Å². The lowest BCUT2D eigenvalue weighted by molar-refractivity contribution is -0.136. The van der Waals surface area contributed by atoms with Crippen LogP contribution in [0.5, 0.6) is 0 Å². The van der Waals surface area contributed by atoms with E-state index in [4.69, 9.17) is 5.11 Å². The average molecular weight is 198 g/mol. The van der Waals surface area contributed by atoms with Gasteiger partial charge < -0.3 is 9.84 Å². The second-order valence-corrected chi connectivity index (χ2v) is 4.13. The predicted molar refractivity (Wildman–Crippen MR) is 53.8 cm³/mol. The Balaban J connectivity index is 2.46. The summed E-state index contributed by atoms with van der Waals surface area (Å²) in [5.41, 5.74) is 0.395. The summed E-state index contributed by atoms with van der Waals surface area (Å²) in [5, 5.41) is 8.89. The first-order valence-corrected chi connectivity index (χ1v) is 5.09. The van der Waals surface area contributed by atoms with Crippen LogP contribution >= 0.6 is 0 Å². The van der Waals surface area contributed by atoms with Gasteiger partial charge in [0, 0.05) is 0 Å². The molecule has 3 nitrogen and oxygen atoms in total. The molecule has 0 saturated heterocycles. The number of aliphatic hydroxyl groups is 1. The largest absolute Gasteiger partial charge is 0.515 e. The van der Waals surface area contributed by atoms with Crippen molar-refractivity contribution in [2.45, 2.75) is 32.6 Å². The minimum Gasteiger partial charge on any atom is -0.515 e. The van der Waals surface area contributed by atoms with Crippen molar-refractivity contribution in [1.82, 2.24) is 0 Å². The van der Waals surface area contributed by atoms with Gasteiger partial charge in [0.25, 0.3) is 0 Å². The third-order valence-electron chi connectivity index (χ3n) is 2.92. The molecular formula is C11H18O3. The van der Waals surface area contributed by atoms with Crippen LogP contribution in [0.3, 0.4) is 0 Å². The molecule has 0 aromatic heterocycles. The summed E-state index contributed by atoms with van der Waals surface area (Å²) in [7, 11) is 1.34. The fourth-order valence-corrected chi connectivity index (χ4v) is 2.14. The molecule has 0 aromatic rings. The molecule has 1 N–H and O–H groups in total. The molecule has 80 valence electrons. The van der Waals surface area contributed by atoms with Crippen molar-refractivity contribution in [3.63, 3.8) is 0 Å². The highest BCUT2D eigenvalue weighted by Crippen LogP contribution is 2.34. The first kappa shape index (κ1) is 11.1. The number of aliphatic hydroxyl groups excluding tert-OH is 1. The van der Waals surface area contributed by atoms with Crippen molar-refractivity contribution in [3.8, 4) is 0 Å². The SMILES string of the molecule is COC(=O)/C(=C/O)CC1CCC(C)C1. The Kier molecular flexibility index (Phi) is 3.98. The highest BCUT2D eigenvalue weighted by molar-refractivity contribution is 5.87. The molecule has 1 fully saturated rings. The highest BCUT2D eigenvalue weighted by Gasteiger charge is 2.24. The molecule has 2 atom stereocenters. The van der Waals surface area contributed by atoms with Crippen molar-refractivity contribution >= 4 is 5.97 Å². The van der Waals surface area contributed by atoms with Crippen molar-refractivity contribution in [2.75, 3.05) is 7.11 Å². The Morgan fingerprint density at radius 3 is 2.71 bits per heavy atom. The van der Waals surface area contributed by atoms with E-state index in [0.717, 1.165) is 25.0 Å². The summed E-state index contributed by atoms with van der Waals surface area (Å²) in [4.78, 5) is 11.2. The number of hydrogen-bond acceptors (Lipinski definition) is 3. The van der Waals surface area contributed by atoms with Crippen LogP contribution in [0, 0.1) is 11.8 Å². The molecule has 1 saturated carbocycles. The van der Waals surface area contributed by atoms with E-state index in [2.05, 4.69) is 11.7 Å². The lowest BCUT2D eigenvalue weighted by Gasteiger charge is -2.10. The molecule has 0 aliphatic heterocycles. The van der Waals surface area contributed by atoms with Gasteiger partial charge in [-0.25, -0.2) is 4.79 Å². The summed E-state index contributed by atoms with van der Waals surface area (Å²) in [6, 6.07) is 0. The quantitative estimate of drug-likeness (QED) is 0.430. The molecule has 1 aliphatic rings. The number of hydrogen-bond donors (Lipinski definition) is 1. The van der Waals surface area contributed by atoms with Crippen LogP contribution in [0.15, 0.2) is 11.8 Å². The van der Waals surface area contributed by atoms with Gasteiger partial charge >= 0.3 is 5.97 Å². The van der Waals surface area contributed by atoms with Gasteiger partial charge in [0.05, 0.1) is 18.9 Å². The zero-order valence-corrected chi connectivity index (χ0v) is 8.82. The first-order chi connectivity index (χ1) is 6.67. The fourth-order valence-electron chi connectivity index (χ4n) is 2.14. The maximum Gasteiger partial charge on any atom is 0.336 e. The molecule has 1 rings (SSSR count). The fraction of sp³-hybridized carbons (Fsp3) is 0.727. The number of carbonyl (C=O) groups excluding carboxylic acids is 1. The van der Waals surface area contributed by atoms with Gasteiger partial charge in [0.1, 0.15) is 0 Å². The highest BCUT2D eigenvalue weighted by atomic mass is 16.5. The smallest absolute Gasteiger partial charge is 0.336 e. The zero-order valence-electron chi connectivity index (χ0n) is 8.82. The molecule has 0 heterocycles. The topological polar surface area (TPSA) is 46.5 Å². The lowest BCUT2D eigenvalue weighted by atomic mass is 9.97. The van der Waals surface area contributed by atoms with Gasteiger partial charge in [-0.3, -0.25) is 0 Å². The molecule has 2 unspecified atom stereocenters. The third kappa shape index (κ3) is 2.76. The molecule has 3 heteroatoms. The van der Waals surface area contributed by atoms with E-state index in [1.54, 1.807) is 0 Å². The minimum absolute atomic E-state index is 0.395. The van der Waals surface area contributed by atoms with Crippen LogP contribution < -0.4 is 0 Å². The van der Waals surface area contributed by atoms with Gasteiger partial charge in [-0.1, -0.05) is 13.3 Å². The standard InChI is InChI=1S/C11H18O3/c1-8-3-4-9(5-8)6-10(7-12)11(13)14-2/h7-9,12H,3-6H2,1-2H3/b10-7+. The van der Waals surface area contributed by atoms with E-state index in [9.17, 15) is 4.79 Å². The second kappa shape index (κ2) is 5.03.